The molecule has 0 atom stereocenters. The molecular formula is C14H25N5. The van der Waals surface area contributed by atoms with Crippen LogP contribution in [0.4, 0.5) is 11.6 Å². The zero-order chi connectivity index (χ0) is 13.7. The number of anilines is 2. The highest BCUT2D eigenvalue weighted by molar-refractivity contribution is 5.47. The van der Waals surface area contributed by atoms with Crippen LogP contribution in [0.5, 0.6) is 0 Å². The number of nitrogens with zero attached hydrogens (tertiary/aromatic N) is 3. The van der Waals surface area contributed by atoms with E-state index in [2.05, 4.69) is 32.4 Å². The van der Waals surface area contributed by atoms with Gasteiger partial charge in [0.15, 0.2) is 0 Å². The maximum atomic E-state index is 4.42. The van der Waals surface area contributed by atoms with E-state index in [4.69, 9.17) is 0 Å². The van der Waals surface area contributed by atoms with Crippen molar-refractivity contribution in [1.29, 1.82) is 0 Å². The number of hydrogen-bond acceptors (Lipinski definition) is 5. The van der Waals surface area contributed by atoms with E-state index in [-0.39, 0.29) is 0 Å². The lowest BCUT2D eigenvalue weighted by Crippen LogP contribution is -2.35. The third-order valence-electron chi connectivity index (χ3n) is 3.82. The predicted octanol–water partition coefficient (Wildman–Crippen LogP) is 1.97. The average molecular weight is 263 g/mol. The van der Waals surface area contributed by atoms with E-state index < -0.39 is 0 Å². The van der Waals surface area contributed by atoms with Gasteiger partial charge in [-0.15, -0.1) is 0 Å². The van der Waals surface area contributed by atoms with Gasteiger partial charge in [0.2, 0.25) is 0 Å². The van der Waals surface area contributed by atoms with Gasteiger partial charge in [-0.3, -0.25) is 0 Å². The summed E-state index contributed by atoms with van der Waals surface area (Å²) in [5.41, 5.74) is 0. The van der Waals surface area contributed by atoms with Crippen LogP contribution in [0.15, 0.2) is 6.07 Å². The summed E-state index contributed by atoms with van der Waals surface area (Å²) in [6.07, 6.45) is 2.56. The van der Waals surface area contributed by atoms with E-state index in [1.54, 1.807) is 0 Å². The number of piperidine rings is 1. The summed E-state index contributed by atoms with van der Waals surface area (Å²) in [6.45, 7) is 8.81. The second-order valence-corrected chi connectivity index (χ2v) is 5.19. The quantitative estimate of drug-likeness (QED) is 0.850. The van der Waals surface area contributed by atoms with Crippen LogP contribution in [0.25, 0.3) is 0 Å². The maximum Gasteiger partial charge on any atom is 0.131 e. The van der Waals surface area contributed by atoms with Gasteiger partial charge in [0.05, 0.1) is 0 Å². The van der Waals surface area contributed by atoms with Crippen LogP contribution >= 0.6 is 0 Å². The van der Waals surface area contributed by atoms with Crippen molar-refractivity contribution in [3.63, 3.8) is 0 Å². The highest BCUT2D eigenvalue weighted by Crippen LogP contribution is 2.18. The minimum absolute atomic E-state index is 0.760. The molecular weight excluding hydrogens is 238 g/mol. The Morgan fingerprint density at radius 1 is 1.26 bits per heavy atom. The van der Waals surface area contributed by atoms with Crippen molar-refractivity contribution >= 4 is 11.6 Å². The summed E-state index contributed by atoms with van der Waals surface area (Å²) in [6, 6.07) is 1.97. The fourth-order valence-corrected chi connectivity index (χ4v) is 2.54. The van der Waals surface area contributed by atoms with Gasteiger partial charge in [-0.25, -0.2) is 9.97 Å². The third kappa shape index (κ3) is 4.06. The SMILES string of the molecule is CCN1CCC(CNc2cc(NC)nc(C)n2)CC1. The molecule has 0 aromatic carbocycles. The fourth-order valence-electron chi connectivity index (χ4n) is 2.54. The zero-order valence-corrected chi connectivity index (χ0v) is 12.2. The Balaban J connectivity index is 1.84. The molecule has 1 aliphatic heterocycles. The smallest absolute Gasteiger partial charge is 0.131 e. The Hall–Kier alpha value is -1.36. The zero-order valence-electron chi connectivity index (χ0n) is 12.2. The van der Waals surface area contributed by atoms with Gasteiger partial charge in [-0.2, -0.15) is 0 Å². The topological polar surface area (TPSA) is 53.1 Å². The fraction of sp³-hybridized carbons (Fsp3) is 0.714. The lowest BCUT2D eigenvalue weighted by molar-refractivity contribution is 0.198. The summed E-state index contributed by atoms with van der Waals surface area (Å²) in [7, 11) is 1.88. The molecule has 1 aromatic heterocycles. The standard InChI is InChI=1S/C14H25N5/c1-4-19-7-5-12(6-8-19)10-16-14-9-13(15-3)17-11(2)18-14/h9,12H,4-8,10H2,1-3H3,(H2,15,16,17,18). The van der Waals surface area contributed by atoms with Gasteiger partial charge in [0.25, 0.3) is 0 Å². The average Bonchev–Trinajstić information content (AvgIpc) is 2.45. The van der Waals surface area contributed by atoms with Gasteiger partial charge in [0.1, 0.15) is 17.5 Å². The van der Waals surface area contributed by atoms with Crippen LogP contribution in [0.1, 0.15) is 25.6 Å². The first kappa shape index (κ1) is 14.1. The Kier molecular flexibility index (Phi) is 4.96. The summed E-state index contributed by atoms with van der Waals surface area (Å²) in [4.78, 5) is 11.2. The molecule has 1 saturated heterocycles. The monoisotopic (exact) mass is 263 g/mol. The lowest BCUT2D eigenvalue weighted by atomic mass is 9.97. The molecule has 2 rings (SSSR count). The first-order valence-corrected chi connectivity index (χ1v) is 7.21. The van der Waals surface area contributed by atoms with Crippen LogP contribution in [0.3, 0.4) is 0 Å². The number of aryl methyl sites for hydroxylation is 1. The van der Waals surface area contributed by atoms with Crippen LogP contribution in [-0.4, -0.2) is 48.1 Å². The summed E-state index contributed by atoms with van der Waals surface area (Å²) < 4.78 is 0. The molecule has 1 aliphatic rings. The van der Waals surface area contributed by atoms with E-state index in [0.29, 0.717) is 0 Å². The highest BCUT2D eigenvalue weighted by atomic mass is 15.1. The molecule has 1 fully saturated rings. The first-order chi connectivity index (χ1) is 9.21. The van der Waals surface area contributed by atoms with Crippen molar-refractivity contribution in [3.05, 3.63) is 11.9 Å². The summed E-state index contributed by atoms with van der Waals surface area (Å²) >= 11 is 0. The number of aromatic nitrogens is 2. The second-order valence-electron chi connectivity index (χ2n) is 5.19. The number of hydrogen-bond donors (Lipinski definition) is 2. The Labute approximate surface area is 115 Å². The van der Waals surface area contributed by atoms with Crippen LogP contribution in [-0.2, 0) is 0 Å². The summed E-state index contributed by atoms with van der Waals surface area (Å²) in [5.74, 6) is 3.36. The molecule has 1 aromatic rings. The van der Waals surface area contributed by atoms with Crippen LogP contribution < -0.4 is 10.6 Å². The van der Waals surface area contributed by atoms with Gasteiger partial charge >= 0.3 is 0 Å². The third-order valence-corrected chi connectivity index (χ3v) is 3.82. The number of rotatable bonds is 5. The largest absolute Gasteiger partial charge is 0.373 e. The minimum Gasteiger partial charge on any atom is -0.373 e. The van der Waals surface area contributed by atoms with Gasteiger partial charge in [-0.1, -0.05) is 6.92 Å². The molecule has 2 heterocycles. The van der Waals surface area contributed by atoms with E-state index in [1.165, 1.54) is 32.5 Å². The molecule has 5 heteroatoms. The van der Waals surface area contributed by atoms with E-state index in [9.17, 15) is 0 Å². The Morgan fingerprint density at radius 3 is 2.58 bits per heavy atom. The van der Waals surface area contributed by atoms with Gasteiger partial charge < -0.3 is 15.5 Å². The molecule has 0 radical (unpaired) electrons. The van der Waals surface area contributed by atoms with Crippen molar-refractivity contribution in [2.24, 2.45) is 5.92 Å². The Bertz CT molecular complexity index is 399. The highest BCUT2D eigenvalue weighted by Gasteiger charge is 2.17. The molecule has 0 saturated carbocycles. The second kappa shape index (κ2) is 6.70. The van der Waals surface area contributed by atoms with Crippen molar-refractivity contribution in [2.45, 2.75) is 26.7 Å². The molecule has 5 nitrogen and oxygen atoms in total. The van der Waals surface area contributed by atoms with E-state index in [1.807, 2.05) is 20.0 Å². The molecule has 106 valence electrons. The molecule has 19 heavy (non-hydrogen) atoms. The molecule has 0 spiro atoms. The molecule has 0 bridgehead atoms. The minimum atomic E-state index is 0.760. The van der Waals surface area contributed by atoms with Crippen molar-refractivity contribution in [1.82, 2.24) is 14.9 Å². The van der Waals surface area contributed by atoms with E-state index in [0.717, 1.165) is 29.9 Å². The number of likely N-dealkylation sites (tertiary alicyclic amines) is 1. The summed E-state index contributed by atoms with van der Waals surface area (Å²) in [5, 5.41) is 6.51. The van der Waals surface area contributed by atoms with Gasteiger partial charge in [0, 0.05) is 19.7 Å². The van der Waals surface area contributed by atoms with Crippen LogP contribution in [0, 0.1) is 12.8 Å². The normalized spacial score (nSPS) is 17.4. The Morgan fingerprint density at radius 2 is 1.95 bits per heavy atom. The molecule has 0 amide bonds. The lowest BCUT2D eigenvalue weighted by Gasteiger charge is -2.31. The first-order valence-electron chi connectivity index (χ1n) is 7.21. The van der Waals surface area contributed by atoms with Crippen molar-refractivity contribution < 1.29 is 0 Å². The van der Waals surface area contributed by atoms with Crippen LogP contribution in [0.2, 0.25) is 0 Å². The maximum absolute atomic E-state index is 4.42. The molecule has 2 N–H and O–H groups in total. The molecule has 0 unspecified atom stereocenters. The van der Waals surface area contributed by atoms with Crippen molar-refractivity contribution in [2.75, 3.05) is 43.9 Å². The number of nitrogens with one attached hydrogen (secondary N) is 2. The molecule has 0 aliphatic carbocycles. The van der Waals surface area contributed by atoms with Gasteiger partial charge in [-0.05, 0) is 45.3 Å². The predicted molar refractivity (Wildman–Crippen MR) is 79.6 cm³/mol. The van der Waals surface area contributed by atoms with Crippen molar-refractivity contribution in [3.8, 4) is 0 Å². The van der Waals surface area contributed by atoms with E-state index >= 15 is 0 Å².